The molecule has 0 bridgehead atoms. The molecule has 1 heterocycles. The van der Waals surface area contributed by atoms with Crippen molar-refractivity contribution in [2.24, 2.45) is 0 Å². The molecule has 106 valence electrons. The van der Waals surface area contributed by atoms with Crippen LogP contribution in [-0.4, -0.2) is 18.3 Å². The largest absolute Gasteiger partial charge is 0.482 e. The molecule has 2 aromatic rings. The number of carbonyl (C=O) groups is 2. The van der Waals surface area contributed by atoms with E-state index in [1.165, 1.54) is 24.3 Å². The average molecular weight is 350 g/mol. The van der Waals surface area contributed by atoms with Crippen molar-refractivity contribution >= 4 is 33.3 Å². The highest BCUT2D eigenvalue weighted by molar-refractivity contribution is 9.10. The van der Waals surface area contributed by atoms with Gasteiger partial charge in [-0.05, 0) is 46.3 Å². The second kappa shape index (κ2) is 5.29. The van der Waals surface area contributed by atoms with Crippen molar-refractivity contribution in [1.29, 1.82) is 0 Å². The summed E-state index contributed by atoms with van der Waals surface area (Å²) in [6.45, 7) is -0.0459. The SMILES string of the molecule is O=C1COc2ccc(C(=O)c3cccc(F)c3Br)cc2N1. The van der Waals surface area contributed by atoms with Gasteiger partial charge in [0.2, 0.25) is 0 Å². The summed E-state index contributed by atoms with van der Waals surface area (Å²) < 4.78 is 18.8. The smallest absolute Gasteiger partial charge is 0.262 e. The van der Waals surface area contributed by atoms with E-state index in [4.69, 9.17) is 4.74 Å². The number of nitrogens with one attached hydrogen (secondary N) is 1. The third kappa shape index (κ3) is 2.54. The Bertz CT molecular complexity index is 761. The monoisotopic (exact) mass is 349 g/mol. The molecule has 1 aliphatic rings. The van der Waals surface area contributed by atoms with Gasteiger partial charge in [-0.1, -0.05) is 6.07 Å². The van der Waals surface area contributed by atoms with Gasteiger partial charge < -0.3 is 10.1 Å². The lowest BCUT2D eigenvalue weighted by molar-refractivity contribution is -0.118. The van der Waals surface area contributed by atoms with Gasteiger partial charge >= 0.3 is 0 Å². The Kier molecular flexibility index (Phi) is 3.47. The first-order valence-electron chi connectivity index (χ1n) is 6.11. The molecule has 1 N–H and O–H groups in total. The molecular weight excluding hydrogens is 341 g/mol. The number of ketones is 1. The Morgan fingerprint density at radius 3 is 2.90 bits per heavy atom. The van der Waals surface area contributed by atoms with Gasteiger partial charge in [0.25, 0.3) is 5.91 Å². The van der Waals surface area contributed by atoms with E-state index in [9.17, 15) is 14.0 Å². The summed E-state index contributed by atoms with van der Waals surface area (Å²) in [5, 5.41) is 2.63. The first-order chi connectivity index (χ1) is 10.1. The van der Waals surface area contributed by atoms with E-state index in [1.807, 2.05) is 0 Å². The van der Waals surface area contributed by atoms with Crippen LogP contribution in [0.3, 0.4) is 0 Å². The Morgan fingerprint density at radius 2 is 2.10 bits per heavy atom. The van der Waals surface area contributed by atoms with Gasteiger partial charge in [-0.3, -0.25) is 9.59 Å². The quantitative estimate of drug-likeness (QED) is 0.847. The summed E-state index contributed by atoms with van der Waals surface area (Å²) in [6, 6.07) is 8.97. The Morgan fingerprint density at radius 1 is 1.29 bits per heavy atom. The fraction of sp³-hybridized carbons (Fsp3) is 0.0667. The zero-order chi connectivity index (χ0) is 15.0. The number of amides is 1. The van der Waals surface area contributed by atoms with Gasteiger partial charge in [-0.15, -0.1) is 0 Å². The number of rotatable bonds is 2. The third-order valence-electron chi connectivity index (χ3n) is 3.07. The first-order valence-corrected chi connectivity index (χ1v) is 6.91. The molecule has 0 saturated heterocycles. The number of benzene rings is 2. The average Bonchev–Trinajstić information content (AvgIpc) is 2.48. The predicted molar refractivity (Wildman–Crippen MR) is 78.1 cm³/mol. The van der Waals surface area contributed by atoms with E-state index in [0.717, 1.165) is 0 Å². The van der Waals surface area contributed by atoms with Gasteiger partial charge in [0.05, 0.1) is 10.2 Å². The minimum absolute atomic E-state index is 0.0459. The van der Waals surface area contributed by atoms with Crippen LogP contribution in [-0.2, 0) is 4.79 Å². The highest BCUT2D eigenvalue weighted by atomic mass is 79.9. The van der Waals surface area contributed by atoms with Crippen molar-refractivity contribution in [2.75, 3.05) is 11.9 Å². The van der Waals surface area contributed by atoms with Crippen LogP contribution in [0.2, 0.25) is 0 Å². The number of fused-ring (bicyclic) bond motifs is 1. The number of anilines is 1. The highest BCUT2D eigenvalue weighted by Crippen LogP contribution is 2.30. The van der Waals surface area contributed by atoms with Crippen LogP contribution in [0.25, 0.3) is 0 Å². The van der Waals surface area contributed by atoms with Crippen molar-refractivity contribution in [3.63, 3.8) is 0 Å². The van der Waals surface area contributed by atoms with Gasteiger partial charge in [0.1, 0.15) is 11.6 Å². The standard InChI is InChI=1S/C15H9BrFNO3/c16-14-9(2-1-3-10(14)17)15(20)8-4-5-12-11(6-8)18-13(19)7-21-12/h1-6H,7H2,(H,18,19). The van der Waals surface area contributed by atoms with Gasteiger partial charge in [-0.25, -0.2) is 4.39 Å². The molecule has 0 spiro atoms. The Labute approximate surface area is 128 Å². The second-order valence-corrected chi connectivity index (χ2v) is 5.27. The molecule has 1 amide bonds. The number of hydrogen-bond donors (Lipinski definition) is 1. The summed E-state index contributed by atoms with van der Waals surface area (Å²) in [5.74, 6) is -0.622. The Hall–Kier alpha value is -2.21. The lowest BCUT2D eigenvalue weighted by atomic mass is 10.0. The van der Waals surface area contributed by atoms with Crippen LogP contribution < -0.4 is 10.1 Å². The van der Waals surface area contributed by atoms with Gasteiger partial charge in [-0.2, -0.15) is 0 Å². The summed E-state index contributed by atoms with van der Waals surface area (Å²) >= 11 is 3.07. The Balaban J connectivity index is 2.01. The van der Waals surface area contributed by atoms with E-state index in [1.54, 1.807) is 12.1 Å². The van der Waals surface area contributed by atoms with Crippen LogP contribution in [0.5, 0.6) is 5.75 Å². The van der Waals surface area contributed by atoms with E-state index in [-0.39, 0.29) is 28.3 Å². The lowest BCUT2D eigenvalue weighted by Crippen LogP contribution is -2.25. The van der Waals surface area contributed by atoms with Crippen LogP contribution in [0, 0.1) is 5.82 Å². The van der Waals surface area contributed by atoms with Crippen LogP contribution in [0.1, 0.15) is 15.9 Å². The number of halogens is 2. The maximum Gasteiger partial charge on any atom is 0.262 e. The summed E-state index contributed by atoms with van der Waals surface area (Å²) in [5.41, 5.74) is 0.994. The highest BCUT2D eigenvalue weighted by Gasteiger charge is 2.20. The molecule has 0 aliphatic carbocycles. The van der Waals surface area contributed by atoms with Crippen molar-refractivity contribution in [2.45, 2.75) is 0 Å². The molecule has 0 fully saturated rings. The molecule has 0 saturated carbocycles. The van der Waals surface area contributed by atoms with E-state index >= 15 is 0 Å². The zero-order valence-corrected chi connectivity index (χ0v) is 12.2. The van der Waals surface area contributed by atoms with Gasteiger partial charge in [0.15, 0.2) is 12.4 Å². The maximum absolute atomic E-state index is 13.5. The number of carbonyl (C=O) groups excluding carboxylic acids is 2. The fourth-order valence-electron chi connectivity index (χ4n) is 2.06. The summed E-state index contributed by atoms with van der Waals surface area (Å²) in [6.07, 6.45) is 0. The zero-order valence-electron chi connectivity index (χ0n) is 10.7. The van der Waals surface area contributed by atoms with Crippen molar-refractivity contribution < 1.29 is 18.7 Å². The fourth-order valence-corrected chi connectivity index (χ4v) is 2.50. The minimum atomic E-state index is -0.504. The molecule has 6 heteroatoms. The molecule has 2 aromatic carbocycles. The molecule has 1 aliphatic heterocycles. The van der Waals surface area contributed by atoms with Crippen LogP contribution >= 0.6 is 15.9 Å². The molecule has 0 unspecified atom stereocenters. The molecule has 0 radical (unpaired) electrons. The third-order valence-corrected chi connectivity index (χ3v) is 3.88. The number of hydrogen-bond acceptors (Lipinski definition) is 3. The number of ether oxygens (including phenoxy) is 1. The van der Waals surface area contributed by atoms with E-state index in [2.05, 4.69) is 21.2 Å². The topological polar surface area (TPSA) is 55.4 Å². The molecular formula is C15H9BrFNO3. The molecule has 21 heavy (non-hydrogen) atoms. The summed E-state index contributed by atoms with van der Waals surface area (Å²) in [4.78, 5) is 23.7. The molecule has 3 rings (SSSR count). The second-order valence-electron chi connectivity index (χ2n) is 4.48. The van der Waals surface area contributed by atoms with Crippen LogP contribution in [0.15, 0.2) is 40.9 Å². The predicted octanol–water partition coefficient (Wildman–Crippen LogP) is 3.15. The van der Waals surface area contributed by atoms with Crippen molar-refractivity contribution in [3.8, 4) is 5.75 Å². The van der Waals surface area contributed by atoms with Crippen molar-refractivity contribution in [1.82, 2.24) is 0 Å². The molecule has 0 atom stereocenters. The van der Waals surface area contributed by atoms with Crippen molar-refractivity contribution in [3.05, 3.63) is 57.8 Å². The van der Waals surface area contributed by atoms with Crippen LogP contribution in [0.4, 0.5) is 10.1 Å². The maximum atomic E-state index is 13.5. The first kappa shape index (κ1) is 13.8. The molecule has 0 aromatic heterocycles. The summed E-state index contributed by atoms with van der Waals surface area (Å²) in [7, 11) is 0. The lowest BCUT2D eigenvalue weighted by Gasteiger charge is -2.18. The normalized spacial score (nSPS) is 13.1. The van der Waals surface area contributed by atoms with E-state index in [0.29, 0.717) is 17.0 Å². The molecule has 4 nitrogen and oxygen atoms in total. The van der Waals surface area contributed by atoms with Gasteiger partial charge in [0, 0.05) is 11.1 Å². The minimum Gasteiger partial charge on any atom is -0.482 e. The van der Waals surface area contributed by atoms with E-state index < -0.39 is 5.82 Å².